The molecule has 0 atom stereocenters. The highest BCUT2D eigenvalue weighted by molar-refractivity contribution is 6.25. The van der Waals surface area contributed by atoms with Crippen LogP contribution in [0.1, 0.15) is 0 Å². The van der Waals surface area contributed by atoms with Crippen LogP contribution in [0.2, 0.25) is 0 Å². The van der Waals surface area contributed by atoms with E-state index < -0.39 is 0 Å². The first-order valence-corrected chi connectivity index (χ1v) is 27.1. The lowest BCUT2D eigenvalue weighted by molar-refractivity contribution is 1.60. The molecule has 0 fully saturated rings. The van der Waals surface area contributed by atoms with Crippen molar-refractivity contribution in [2.75, 3.05) is 0 Å². The van der Waals surface area contributed by atoms with Crippen LogP contribution in [-0.2, 0) is 0 Å². The lowest BCUT2D eigenvalue weighted by Gasteiger charge is -2.19. The third-order valence-electron chi connectivity index (χ3n) is 16.7. The van der Waals surface area contributed by atoms with Crippen LogP contribution in [0.25, 0.3) is 164 Å². The van der Waals surface area contributed by atoms with Crippen LogP contribution in [0.3, 0.4) is 0 Å². The van der Waals surface area contributed by atoms with Crippen LogP contribution < -0.4 is 0 Å². The standard InChI is InChI=1S/C78H48/c1-3-19-51-37-53(35-33-49(51)17-1)57-39-59(73-45-55-21-5-7-23-63(55)65-25-9-11-27-67(65)73)43-61(41-57)75-47-77-72-32-16-14-30-70(72)76(48-78(77)71-31-15-13-29-69(71)75)62-42-58(54-36-34-50-18-2-4-20-52(50)38-54)40-60(44-62)74-46-56-22-6-8-24-64(56)66-26-10-12-28-68(66)74/h1-48H. The molecule has 0 nitrogen and oxygen atoms in total. The highest BCUT2D eigenvalue weighted by Crippen LogP contribution is 2.47. The Hall–Kier alpha value is -10.1. The predicted molar refractivity (Wildman–Crippen MR) is 337 cm³/mol. The third kappa shape index (κ3) is 7.22. The normalized spacial score (nSPS) is 11.8. The van der Waals surface area contributed by atoms with Crippen molar-refractivity contribution in [2.45, 2.75) is 0 Å². The summed E-state index contributed by atoms with van der Waals surface area (Å²) in [6.07, 6.45) is 0. The number of fused-ring (bicyclic) bond motifs is 13. The predicted octanol–water partition coefficient (Wildman–Crippen LogP) is 22.1. The fraction of sp³-hybridized carbons (Fsp3) is 0. The summed E-state index contributed by atoms with van der Waals surface area (Å²) in [5.74, 6) is 0. The highest BCUT2D eigenvalue weighted by atomic mass is 14.2. The van der Waals surface area contributed by atoms with Gasteiger partial charge in [-0.1, -0.05) is 218 Å². The topological polar surface area (TPSA) is 0 Å². The van der Waals surface area contributed by atoms with Crippen molar-refractivity contribution in [3.05, 3.63) is 291 Å². The minimum absolute atomic E-state index is 1.19. The quantitative estimate of drug-likeness (QED) is 0.146. The molecular weight excluding hydrogens is 937 g/mol. The van der Waals surface area contributed by atoms with Gasteiger partial charge in [-0.2, -0.15) is 0 Å². The molecule has 16 rings (SSSR count). The van der Waals surface area contributed by atoms with Crippen LogP contribution >= 0.6 is 0 Å². The first kappa shape index (κ1) is 44.2. The monoisotopic (exact) mass is 984 g/mol. The van der Waals surface area contributed by atoms with Crippen molar-refractivity contribution < 1.29 is 0 Å². The van der Waals surface area contributed by atoms with E-state index in [4.69, 9.17) is 0 Å². The molecule has 0 heterocycles. The summed E-state index contributed by atoms with van der Waals surface area (Å²) in [6, 6.07) is 109. The molecule has 0 saturated heterocycles. The second-order valence-corrected chi connectivity index (χ2v) is 21.1. The van der Waals surface area contributed by atoms with E-state index in [1.54, 1.807) is 0 Å². The van der Waals surface area contributed by atoms with E-state index in [0.29, 0.717) is 0 Å². The van der Waals surface area contributed by atoms with Gasteiger partial charge >= 0.3 is 0 Å². The van der Waals surface area contributed by atoms with E-state index in [0.717, 1.165) is 0 Å². The van der Waals surface area contributed by atoms with Gasteiger partial charge in [0.15, 0.2) is 0 Å². The van der Waals surface area contributed by atoms with Crippen molar-refractivity contribution >= 4 is 97.0 Å². The van der Waals surface area contributed by atoms with Crippen molar-refractivity contribution in [1.29, 1.82) is 0 Å². The molecule has 0 N–H and O–H groups in total. The Bertz CT molecular complexity index is 4830. The fourth-order valence-corrected chi connectivity index (χ4v) is 13.0. The third-order valence-corrected chi connectivity index (χ3v) is 16.7. The van der Waals surface area contributed by atoms with Crippen molar-refractivity contribution in [1.82, 2.24) is 0 Å². The van der Waals surface area contributed by atoms with E-state index >= 15 is 0 Å². The van der Waals surface area contributed by atoms with E-state index in [9.17, 15) is 0 Å². The molecule has 78 heavy (non-hydrogen) atoms. The van der Waals surface area contributed by atoms with Gasteiger partial charge in [0.2, 0.25) is 0 Å². The van der Waals surface area contributed by atoms with Crippen molar-refractivity contribution in [2.24, 2.45) is 0 Å². The molecule has 0 bridgehead atoms. The smallest absolute Gasteiger partial charge is 0.00923 e. The Balaban J connectivity index is 0.953. The largest absolute Gasteiger partial charge is 0.0616 e. The van der Waals surface area contributed by atoms with Crippen LogP contribution in [0.5, 0.6) is 0 Å². The highest BCUT2D eigenvalue weighted by Gasteiger charge is 2.20. The van der Waals surface area contributed by atoms with E-state index in [1.165, 1.54) is 164 Å². The molecule has 16 aromatic carbocycles. The molecule has 0 aliphatic carbocycles. The van der Waals surface area contributed by atoms with Gasteiger partial charge in [-0.05, 0) is 237 Å². The molecule has 16 aromatic rings. The van der Waals surface area contributed by atoms with Gasteiger partial charge in [-0.15, -0.1) is 0 Å². The molecule has 0 aromatic heterocycles. The Morgan fingerprint density at radius 3 is 0.731 bits per heavy atom. The zero-order chi connectivity index (χ0) is 51.3. The van der Waals surface area contributed by atoms with E-state index in [1.807, 2.05) is 0 Å². The minimum atomic E-state index is 1.19. The SMILES string of the molecule is c1ccc2cc(-c3cc(-c4cc5ccccc5c5ccccc45)cc(-c4cc5c6ccccc6c(-c6cc(-c7ccc8ccccc8c7)cc(-c7cc8ccccc8c8ccccc78)c6)cc5c5ccccc45)c3)ccc2c1. The number of hydrogen-bond acceptors (Lipinski definition) is 0. The minimum Gasteiger partial charge on any atom is -0.0616 e. The van der Waals surface area contributed by atoms with Crippen molar-refractivity contribution in [3.63, 3.8) is 0 Å². The van der Waals surface area contributed by atoms with Crippen LogP contribution in [0.4, 0.5) is 0 Å². The van der Waals surface area contributed by atoms with Gasteiger partial charge in [-0.3, -0.25) is 0 Å². The second-order valence-electron chi connectivity index (χ2n) is 21.1. The van der Waals surface area contributed by atoms with Crippen molar-refractivity contribution in [3.8, 4) is 66.8 Å². The van der Waals surface area contributed by atoms with Gasteiger partial charge in [0.25, 0.3) is 0 Å². The van der Waals surface area contributed by atoms with Gasteiger partial charge in [0, 0.05) is 0 Å². The maximum absolute atomic E-state index is 2.49. The Morgan fingerprint density at radius 2 is 0.372 bits per heavy atom. The molecule has 0 amide bonds. The van der Waals surface area contributed by atoms with Gasteiger partial charge < -0.3 is 0 Å². The molecule has 0 saturated carbocycles. The van der Waals surface area contributed by atoms with Crippen LogP contribution in [0.15, 0.2) is 291 Å². The molecule has 0 spiro atoms. The summed E-state index contributed by atoms with van der Waals surface area (Å²) in [6.45, 7) is 0. The second kappa shape index (κ2) is 17.7. The summed E-state index contributed by atoms with van der Waals surface area (Å²) in [5.41, 5.74) is 14.4. The number of rotatable bonds is 6. The lowest BCUT2D eigenvalue weighted by Crippen LogP contribution is -1.92. The average molecular weight is 985 g/mol. The van der Waals surface area contributed by atoms with E-state index in [2.05, 4.69) is 291 Å². The van der Waals surface area contributed by atoms with Gasteiger partial charge in [0.05, 0.1) is 0 Å². The molecule has 0 heteroatoms. The summed E-state index contributed by atoms with van der Waals surface area (Å²) >= 11 is 0. The maximum atomic E-state index is 2.49. The van der Waals surface area contributed by atoms with Gasteiger partial charge in [0.1, 0.15) is 0 Å². The Kier molecular flexibility index (Phi) is 10.0. The lowest BCUT2D eigenvalue weighted by atomic mass is 9.84. The molecule has 0 radical (unpaired) electrons. The molecule has 0 aliphatic heterocycles. The van der Waals surface area contributed by atoms with Gasteiger partial charge in [-0.25, -0.2) is 0 Å². The molecule has 360 valence electrons. The number of hydrogen-bond donors (Lipinski definition) is 0. The Labute approximate surface area is 452 Å². The van der Waals surface area contributed by atoms with E-state index in [-0.39, 0.29) is 0 Å². The zero-order valence-corrected chi connectivity index (χ0v) is 42.7. The summed E-state index contributed by atoms with van der Waals surface area (Å²) < 4.78 is 0. The maximum Gasteiger partial charge on any atom is -0.00923 e. The Morgan fingerprint density at radius 1 is 0.115 bits per heavy atom. The summed E-state index contributed by atoms with van der Waals surface area (Å²) in [4.78, 5) is 0. The number of benzene rings is 16. The summed E-state index contributed by atoms with van der Waals surface area (Å²) in [5, 5.41) is 22.4. The first-order valence-electron chi connectivity index (χ1n) is 27.1. The average Bonchev–Trinajstić information content (AvgIpc) is 3.68. The fourth-order valence-electron chi connectivity index (χ4n) is 13.0. The van der Waals surface area contributed by atoms with Crippen LogP contribution in [-0.4, -0.2) is 0 Å². The zero-order valence-electron chi connectivity index (χ0n) is 42.7. The first-order chi connectivity index (χ1) is 38.6. The summed E-state index contributed by atoms with van der Waals surface area (Å²) in [7, 11) is 0. The molecule has 0 unspecified atom stereocenters. The molecular formula is C78H48. The van der Waals surface area contributed by atoms with Crippen LogP contribution in [0, 0.1) is 0 Å². The molecule has 0 aliphatic rings.